The first-order chi connectivity index (χ1) is 12.0. The van der Waals surface area contributed by atoms with Gasteiger partial charge in [0.25, 0.3) is 5.91 Å². The van der Waals surface area contributed by atoms with E-state index >= 15 is 0 Å². The highest BCUT2D eigenvalue weighted by molar-refractivity contribution is 6.30. The minimum Gasteiger partial charge on any atom is -0.341 e. The van der Waals surface area contributed by atoms with Crippen LogP contribution in [0.3, 0.4) is 0 Å². The number of carbonyl (C=O) groups excluding carboxylic acids is 2. The summed E-state index contributed by atoms with van der Waals surface area (Å²) < 4.78 is 0. The van der Waals surface area contributed by atoms with Crippen molar-refractivity contribution in [3.63, 3.8) is 0 Å². The van der Waals surface area contributed by atoms with Gasteiger partial charge in [0.15, 0.2) is 0 Å². The molecule has 1 atom stereocenters. The third-order valence-corrected chi connectivity index (χ3v) is 5.43. The van der Waals surface area contributed by atoms with Crippen LogP contribution in [-0.2, 0) is 4.79 Å². The van der Waals surface area contributed by atoms with E-state index < -0.39 is 0 Å². The molecule has 136 valence electrons. The summed E-state index contributed by atoms with van der Waals surface area (Å²) in [4.78, 5) is 31.7. The predicted molar refractivity (Wildman–Crippen MR) is 98.8 cm³/mol. The number of nitrogens with zero attached hydrogens (tertiary/aromatic N) is 3. The zero-order chi connectivity index (χ0) is 17.8. The Kier molecular flexibility index (Phi) is 5.97. The second-order valence-corrected chi connectivity index (χ2v) is 7.52. The first-order valence-corrected chi connectivity index (χ1v) is 9.44. The molecule has 0 radical (unpaired) electrons. The summed E-state index contributed by atoms with van der Waals surface area (Å²) in [6.45, 7) is 4.81. The van der Waals surface area contributed by atoms with E-state index in [0.29, 0.717) is 23.7 Å². The van der Waals surface area contributed by atoms with Crippen LogP contribution in [0.15, 0.2) is 24.3 Å². The van der Waals surface area contributed by atoms with Crippen molar-refractivity contribution in [1.29, 1.82) is 0 Å². The monoisotopic (exact) mass is 363 g/mol. The lowest BCUT2D eigenvalue weighted by atomic mass is 9.95. The number of halogens is 1. The summed E-state index contributed by atoms with van der Waals surface area (Å²) in [6, 6.07) is 6.96. The van der Waals surface area contributed by atoms with Gasteiger partial charge in [-0.05, 0) is 57.1 Å². The van der Waals surface area contributed by atoms with Crippen molar-refractivity contribution in [2.45, 2.75) is 19.3 Å². The number of likely N-dealkylation sites (tertiary alicyclic amines) is 1. The smallest absolute Gasteiger partial charge is 0.253 e. The maximum absolute atomic E-state index is 12.9. The van der Waals surface area contributed by atoms with E-state index in [0.717, 1.165) is 45.4 Å². The Morgan fingerprint density at radius 3 is 2.44 bits per heavy atom. The van der Waals surface area contributed by atoms with Gasteiger partial charge in [0.1, 0.15) is 0 Å². The van der Waals surface area contributed by atoms with E-state index in [1.165, 1.54) is 0 Å². The van der Waals surface area contributed by atoms with E-state index in [2.05, 4.69) is 11.9 Å². The van der Waals surface area contributed by atoms with Gasteiger partial charge in [-0.1, -0.05) is 11.6 Å². The summed E-state index contributed by atoms with van der Waals surface area (Å²) in [5.41, 5.74) is 0.633. The molecule has 2 amide bonds. The number of hydrogen-bond donors (Lipinski definition) is 0. The maximum atomic E-state index is 12.9. The molecule has 0 bridgehead atoms. The second kappa shape index (κ2) is 8.19. The Labute approximate surface area is 154 Å². The fourth-order valence-electron chi connectivity index (χ4n) is 3.66. The van der Waals surface area contributed by atoms with E-state index in [-0.39, 0.29) is 17.7 Å². The van der Waals surface area contributed by atoms with Crippen molar-refractivity contribution in [1.82, 2.24) is 14.7 Å². The fraction of sp³-hybridized carbons (Fsp3) is 0.579. The number of hydrogen-bond acceptors (Lipinski definition) is 3. The average molecular weight is 364 g/mol. The van der Waals surface area contributed by atoms with Gasteiger partial charge in [-0.15, -0.1) is 0 Å². The molecule has 0 aromatic heterocycles. The number of amides is 2. The zero-order valence-corrected chi connectivity index (χ0v) is 15.5. The molecule has 0 N–H and O–H groups in total. The van der Waals surface area contributed by atoms with Gasteiger partial charge in [0.05, 0.1) is 5.92 Å². The van der Waals surface area contributed by atoms with Crippen LogP contribution in [-0.4, -0.2) is 72.8 Å². The molecule has 0 spiro atoms. The highest BCUT2D eigenvalue weighted by Crippen LogP contribution is 2.22. The molecule has 2 aliphatic heterocycles. The van der Waals surface area contributed by atoms with Gasteiger partial charge in [-0.3, -0.25) is 9.59 Å². The molecule has 0 saturated carbocycles. The van der Waals surface area contributed by atoms with Crippen LogP contribution in [0, 0.1) is 5.92 Å². The number of benzene rings is 1. The van der Waals surface area contributed by atoms with Crippen molar-refractivity contribution in [2.75, 3.05) is 46.3 Å². The first-order valence-electron chi connectivity index (χ1n) is 9.07. The van der Waals surface area contributed by atoms with Crippen LogP contribution in [0.1, 0.15) is 29.6 Å². The molecular weight excluding hydrogens is 338 g/mol. The molecule has 1 aromatic carbocycles. The first kappa shape index (κ1) is 18.2. The van der Waals surface area contributed by atoms with Crippen LogP contribution in [0.5, 0.6) is 0 Å². The molecule has 25 heavy (non-hydrogen) atoms. The number of piperidine rings is 1. The Balaban J connectivity index is 1.63. The molecule has 6 heteroatoms. The van der Waals surface area contributed by atoms with Gasteiger partial charge in [0.2, 0.25) is 5.91 Å². The van der Waals surface area contributed by atoms with E-state index in [1.54, 1.807) is 24.3 Å². The standard InChI is InChI=1S/C19H26ClN3O2/c1-21-9-3-11-22(13-12-21)19(25)16-4-2-10-23(14-16)18(24)15-5-7-17(20)8-6-15/h5-8,16H,2-4,9-14H2,1H3. The minimum atomic E-state index is -0.0755. The SMILES string of the molecule is CN1CCCN(C(=O)C2CCCN(C(=O)c3ccc(Cl)cc3)C2)CC1. The topological polar surface area (TPSA) is 43.9 Å². The fourth-order valence-corrected chi connectivity index (χ4v) is 3.79. The van der Waals surface area contributed by atoms with E-state index in [9.17, 15) is 9.59 Å². The zero-order valence-electron chi connectivity index (χ0n) is 14.8. The van der Waals surface area contributed by atoms with E-state index in [4.69, 9.17) is 11.6 Å². The molecule has 2 saturated heterocycles. The van der Waals surface area contributed by atoms with Gasteiger partial charge in [0, 0.05) is 43.3 Å². The second-order valence-electron chi connectivity index (χ2n) is 7.08. The Morgan fingerprint density at radius 1 is 0.960 bits per heavy atom. The number of rotatable bonds is 2. The third kappa shape index (κ3) is 4.53. The third-order valence-electron chi connectivity index (χ3n) is 5.18. The summed E-state index contributed by atoms with van der Waals surface area (Å²) >= 11 is 5.90. The maximum Gasteiger partial charge on any atom is 0.253 e. The van der Waals surface area contributed by atoms with Gasteiger partial charge in [-0.2, -0.15) is 0 Å². The quantitative estimate of drug-likeness (QED) is 0.810. The summed E-state index contributed by atoms with van der Waals surface area (Å²) in [5.74, 6) is 0.127. The molecule has 2 aliphatic rings. The Hall–Kier alpha value is -1.59. The lowest BCUT2D eigenvalue weighted by molar-refractivity contribution is -0.136. The molecule has 5 nitrogen and oxygen atoms in total. The molecule has 1 aromatic rings. The van der Waals surface area contributed by atoms with Crippen molar-refractivity contribution in [3.05, 3.63) is 34.9 Å². The minimum absolute atomic E-state index is 0.00948. The predicted octanol–water partition coefficient (Wildman–Crippen LogP) is 2.36. The van der Waals surface area contributed by atoms with Crippen LogP contribution < -0.4 is 0 Å². The van der Waals surface area contributed by atoms with Crippen LogP contribution >= 0.6 is 11.6 Å². The largest absolute Gasteiger partial charge is 0.341 e. The van der Waals surface area contributed by atoms with Crippen LogP contribution in [0.25, 0.3) is 0 Å². The molecule has 2 fully saturated rings. The highest BCUT2D eigenvalue weighted by atomic mass is 35.5. The van der Waals surface area contributed by atoms with Gasteiger partial charge in [-0.25, -0.2) is 0 Å². The lowest BCUT2D eigenvalue weighted by Crippen LogP contribution is -2.47. The highest BCUT2D eigenvalue weighted by Gasteiger charge is 2.32. The average Bonchev–Trinajstić information content (AvgIpc) is 2.86. The molecular formula is C19H26ClN3O2. The van der Waals surface area contributed by atoms with Gasteiger partial charge >= 0.3 is 0 Å². The number of carbonyl (C=O) groups is 2. The Morgan fingerprint density at radius 2 is 1.68 bits per heavy atom. The number of likely N-dealkylation sites (N-methyl/N-ethyl adjacent to an activating group) is 1. The van der Waals surface area contributed by atoms with Crippen molar-refractivity contribution >= 4 is 23.4 Å². The summed E-state index contributed by atoms with van der Waals surface area (Å²) in [7, 11) is 2.10. The van der Waals surface area contributed by atoms with Crippen LogP contribution in [0.4, 0.5) is 0 Å². The van der Waals surface area contributed by atoms with Crippen molar-refractivity contribution in [2.24, 2.45) is 5.92 Å². The molecule has 3 rings (SSSR count). The van der Waals surface area contributed by atoms with Crippen LogP contribution in [0.2, 0.25) is 5.02 Å². The molecule has 1 unspecified atom stereocenters. The lowest BCUT2D eigenvalue weighted by Gasteiger charge is -2.34. The van der Waals surface area contributed by atoms with Crippen molar-refractivity contribution < 1.29 is 9.59 Å². The molecule has 0 aliphatic carbocycles. The summed E-state index contributed by atoms with van der Waals surface area (Å²) in [5, 5.41) is 0.620. The summed E-state index contributed by atoms with van der Waals surface area (Å²) in [6.07, 6.45) is 2.77. The Bertz CT molecular complexity index is 620. The normalized spacial score (nSPS) is 22.6. The van der Waals surface area contributed by atoms with Crippen molar-refractivity contribution in [3.8, 4) is 0 Å². The van der Waals surface area contributed by atoms with Gasteiger partial charge < -0.3 is 14.7 Å². The molecule has 2 heterocycles. The van der Waals surface area contributed by atoms with E-state index in [1.807, 2.05) is 9.80 Å².